The van der Waals surface area contributed by atoms with E-state index in [1.807, 2.05) is 31.2 Å². The molecule has 0 heterocycles. The molecule has 1 aromatic rings. The number of Topliss-reactive ketones (excluding diaryl/α,β-unsaturated/α-hetero) is 1. The van der Waals surface area contributed by atoms with E-state index >= 15 is 0 Å². The molecular formula is C15H18O2. The van der Waals surface area contributed by atoms with E-state index in [1.54, 1.807) is 0 Å². The lowest BCUT2D eigenvalue weighted by Crippen LogP contribution is -2.06. The van der Waals surface area contributed by atoms with Gasteiger partial charge in [0.1, 0.15) is 5.75 Å². The van der Waals surface area contributed by atoms with Gasteiger partial charge in [0.25, 0.3) is 0 Å². The van der Waals surface area contributed by atoms with Gasteiger partial charge in [-0.2, -0.15) is 0 Å². The summed E-state index contributed by atoms with van der Waals surface area (Å²) in [4.78, 5) is 12.2. The van der Waals surface area contributed by atoms with Crippen LogP contribution in [0.25, 0.3) is 0 Å². The number of ether oxygens (including phenoxy) is 1. The maximum atomic E-state index is 12.2. The first-order valence-electron chi connectivity index (χ1n) is 6.28. The van der Waals surface area contributed by atoms with Crippen LogP contribution in [0.3, 0.4) is 0 Å². The molecule has 0 saturated heterocycles. The molecule has 0 radical (unpaired) electrons. The zero-order valence-corrected chi connectivity index (χ0v) is 10.2. The Morgan fingerprint density at radius 2 is 2.24 bits per heavy atom. The fraction of sp³-hybridized carbons (Fsp3) is 0.400. The molecular weight excluding hydrogens is 212 g/mol. The zero-order chi connectivity index (χ0) is 12.1. The highest BCUT2D eigenvalue weighted by molar-refractivity contribution is 6.08. The van der Waals surface area contributed by atoms with Crippen LogP contribution >= 0.6 is 0 Å². The standard InChI is InChI=1S/C15H18O2/c1-2-17-14-10-6-9-13(11-14)15(16)12-7-4-3-5-8-12/h6-7,9-11H,2-5,8H2,1H3. The molecule has 2 rings (SSSR count). The Labute approximate surface area is 102 Å². The Morgan fingerprint density at radius 3 is 2.94 bits per heavy atom. The molecule has 2 nitrogen and oxygen atoms in total. The molecule has 1 aliphatic carbocycles. The maximum absolute atomic E-state index is 12.2. The minimum atomic E-state index is 0.159. The smallest absolute Gasteiger partial charge is 0.188 e. The van der Waals surface area contributed by atoms with Gasteiger partial charge in [-0.15, -0.1) is 0 Å². The van der Waals surface area contributed by atoms with Crippen LogP contribution in [0.15, 0.2) is 35.9 Å². The number of hydrogen-bond donors (Lipinski definition) is 0. The molecule has 0 amide bonds. The van der Waals surface area contributed by atoms with Crippen molar-refractivity contribution in [2.24, 2.45) is 0 Å². The molecule has 0 atom stereocenters. The van der Waals surface area contributed by atoms with E-state index in [9.17, 15) is 4.79 Å². The molecule has 2 heteroatoms. The summed E-state index contributed by atoms with van der Waals surface area (Å²) < 4.78 is 5.41. The van der Waals surface area contributed by atoms with Crippen molar-refractivity contribution in [1.82, 2.24) is 0 Å². The van der Waals surface area contributed by atoms with Gasteiger partial charge in [-0.25, -0.2) is 0 Å². The van der Waals surface area contributed by atoms with Gasteiger partial charge in [0.05, 0.1) is 6.61 Å². The van der Waals surface area contributed by atoms with E-state index in [4.69, 9.17) is 4.74 Å². The molecule has 1 aliphatic rings. The van der Waals surface area contributed by atoms with Crippen LogP contribution in [-0.4, -0.2) is 12.4 Å². The molecule has 90 valence electrons. The molecule has 0 unspecified atom stereocenters. The van der Waals surface area contributed by atoms with Gasteiger partial charge >= 0.3 is 0 Å². The van der Waals surface area contributed by atoms with Gasteiger partial charge in [-0.05, 0) is 50.3 Å². The number of carbonyl (C=O) groups excluding carboxylic acids is 1. The quantitative estimate of drug-likeness (QED) is 0.736. The van der Waals surface area contributed by atoms with Gasteiger partial charge in [-0.1, -0.05) is 18.2 Å². The zero-order valence-electron chi connectivity index (χ0n) is 10.2. The van der Waals surface area contributed by atoms with Crippen molar-refractivity contribution >= 4 is 5.78 Å². The van der Waals surface area contributed by atoms with E-state index in [-0.39, 0.29) is 5.78 Å². The summed E-state index contributed by atoms with van der Waals surface area (Å²) in [6, 6.07) is 7.46. The summed E-state index contributed by atoms with van der Waals surface area (Å²) in [6.45, 7) is 2.57. The van der Waals surface area contributed by atoms with Crippen LogP contribution in [0.1, 0.15) is 43.0 Å². The van der Waals surface area contributed by atoms with Gasteiger partial charge < -0.3 is 4.74 Å². The van der Waals surface area contributed by atoms with Crippen molar-refractivity contribution in [3.8, 4) is 5.75 Å². The van der Waals surface area contributed by atoms with E-state index < -0.39 is 0 Å². The van der Waals surface area contributed by atoms with Crippen LogP contribution in [0.4, 0.5) is 0 Å². The molecule has 0 saturated carbocycles. The normalized spacial score (nSPS) is 15.2. The highest BCUT2D eigenvalue weighted by atomic mass is 16.5. The van der Waals surface area contributed by atoms with Crippen molar-refractivity contribution in [2.45, 2.75) is 32.6 Å². The molecule has 0 fully saturated rings. The van der Waals surface area contributed by atoms with Gasteiger partial charge in [0, 0.05) is 5.56 Å². The molecule has 17 heavy (non-hydrogen) atoms. The third kappa shape index (κ3) is 2.96. The Balaban J connectivity index is 2.18. The summed E-state index contributed by atoms with van der Waals surface area (Å²) in [5.74, 6) is 0.931. The first kappa shape index (κ1) is 11.9. The molecule has 0 N–H and O–H groups in total. The largest absolute Gasteiger partial charge is 0.494 e. The summed E-state index contributed by atoms with van der Waals surface area (Å²) >= 11 is 0. The van der Waals surface area contributed by atoms with Crippen LogP contribution in [0, 0.1) is 0 Å². The Bertz CT molecular complexity index is 432. The minimum Gasteiger partial charge on any atom is -0.494 e. The predicted molar refractivity (Wildman–Crippen MR) is 68.5 cm³/mol. The Kier molecular flexibility index (Phi) is 3.97. The lowest BCUT2D eigenvalue weighted by molar-refractivity contribution is 0.102. The number of ketones is 1. The average Bonchev–Trinajstić information content (AvgIpc) is 2.40. The van der Waals surface area contributed by atoms with E-state index in [0.29, 0.717) is 6.61 Å². The summed E-state index contributed by atoms with van der Waals surface area (Å²) in [7, 11) is 0. The van der Waals surface area contributed by atoms with Crippen molar-refractivity contribution in [2.75, 3.05) is 6.61 Å². The first-order valence-corrected chi connectivity index (χ1v) is 6.28. The molecule has 0 aromatic heterocycles. The topological polar surface area (TPSA) is 26.3 Å². The monoisotopic (exact) mass is 230 g/mol. The average molecular weight is 230 g/mol. The number of carbonyl (C=O) groups is 1. The Morgan fingerprint density at radius 1 is 1.35 bits per heavy atom. The van der Waals surface area contributed by atoms with Crippen molar-refractivity contribution in [3.05, 3.63) is 41.5 Å². The molecule has 0 spiro atoms. The summed E-state index contributed by atoms with van der Waals surface area (Å²) in [5.41, 5.74) is 1.70. The molecule has 0 bridgehead atoms. The van der Waals surface area contributed by atoms with E-state index in [1.165, 1.54) is 6.42 Å². The van der Waals surface area contributed by atoms with Crippen molar-refractivity contribution in [3.63, 3.8) is 0 Å². The molecule has 1 aromatic carbocycles. The van der Waals surface area contributed by atoms with E-state index in [0.717, 1.165) is 36.1 Å². The second-order valence-corrected chi connectivity index (χ2v) is 4.27. The maximum Gasteiger partial charge on any atom is 0.188 e. The SMILES string of the molecule is CCOc1cccc(C(=O)C2=CCCCC2)c1. The second-order valence-electron chi connectivity index (χ2n) is 4.27. The van der Waals surface area contributed by atoms with Crippen LogP contribution in [0.5, 0.6) is 5.75 Å². The van der Waals surface area contributed by atoms with Gasteiger partial charge in [-0.3, -0.25) is 4.79 Å². The fourth-order valence-corrected chi connectivity index (χ4v) is 2.12. The summed E-state index contributed by atoms with van der Waals surface area (Å²) in [5, 5.41) is 0. The Hall–Kier alpha value is -1.57. The number of rotatable bonds is 4. The third-order valence-electron chi connectivity index (χ3n) is 2.99. The highest BCUT2D eigenvalue weighted by Gasteiger charge is 2.14. The number of benzene rings is 1. The lowest BCUT2D eigenvalue weighted by Gasteiger charge is -2.12. The van der Waals surface area contributed by atoms with Crippen molar-refractivity contribution in [1.29, 1.82) is 0 Å². The number of hydrogen-bond acceptors (Lipinski definition) is 2. The predicted octanol–water partition coefficient (Wildman–Crippen LogP) is 3.77. The molecule has 0 aliphatic heterocycles. The van der Waals surface area contributed by atoms with Crippen LogP contribution in [-0.2, 0) is 0 Å². The third-order valence-corrected chi connectivity index (χ3v) is 2.99. The van der Waals surface area contributed by atoms with Gasteiger partial charge in [0.15, 0.2) is 5.78 Å². The highest BCUT2D eigenvalue weighted by Crippen LogP contribution is 2.23. The fourth-order valence-electron chi connectivity index (χ4n) is 2.12. The van der Waals surface area contributed by atoms with Crippen LogP contribution < -0.4 is 4.74 Å². The van der Waals surface area contributed by atoms with Crippen molar-refractivity contribution < 1.29 is 9.53 Å². The first-order chi connectivity index (χ1) is 8.31. The minimum absolute atomic E-state index is 0.159. The van der Waals surface area contributed by atoms with Crippen LogP contribution in [0.2, 0.25) is 0 Å². The number of allylic oxidation sites excluding steroid dienone is 2. The van der Waals surface area contributed by atoms with E-state index in [2.05, 4.69) is 6.08 Å². The second kappa shape index (κ2) is 5.67. The van der Waals surface area contributed by atoms with Gasteiger partial charge in [0.2, 0.25) is 0 Å². The lowest BCUT2D eigenvalue weighted by atomic mass is 9.93. The summed E-state index contributed by atoms with van der Waals surface area (Å²) in [6.07, 6.45) is 6.36.